The maximum Gasteiger partial charge on any atom is 0.311 e. The molecule has 19 heavy (non-hydrogen) atoms. The minimum atomic E-state index is -0.273. The number of aromatic nitrogens is 1. The van der Waals surface area contributed by atoms with Crippen LogP contribution >= 0.6 is 11.3 Å². The van der Waals surface area contributed by atoms with E-state index in [9.17, 15) is 4.79 Å². The van der Waals surface area contributed by atoms with Crippen LogP contribution in [0.15, 0.2) is 29.6 Å². The molecular formula is C14H16N2O2S. The molecule has 1 heterocycles. The van der Waals surface area contributed by atoms with E-state index in [1.807, 2.05) is 17.5 Å². The zero-order chi connectivity index (χ0) is 13.7. The largest absolute Gasteiger partial charge is 0.469 e. The number of hydrogen-bond donors (Lipinski definition) is 1. The smallest absolute Gasteiger partial charge is 0.311 e. The summed E-state index contributed by atoms with van der Waals surface area (Å²) >= 11 is 1.48. The Morgan fingerprint density at radius 1 is 1.47 bits per heavy atom. The van der Waals surface area contributed by atoms with Crippen LogP contribution in [0.1, 0.15) is 18.2 Å². The standard InChI is InChI=1S/C14H16N2O2S/c1-3-10-5-4-6-11(7-10)15-14-16-12(9-19-14)8-13(17)18-2/h4-7,9H,3,8H2,1-2H3,(H,15,16). The van der Waals surface area contributed by atoms with Gasteiger partial charge in [0.05, 0.1) is 19.2 Å². The third kappa shape index (κ3) is 3.79. The highest BCUT2D eigenvalue weighted by atomic mass is 32.1. The first-order valence-corrected chi connectivity index (χ1v) is 6.96. The van der Waals surface area contributed by atoms with Crippen molar-refractivity contribution in [1.82, 2.24) is 4.98 Å². The highest BCUT2D eigenvalue weighted by molar-refractivity contribution is 7.13. The SMILES string of the molecule is CCc1cccc(Nc2nc(CC(=O)OC)cs2)c1. The van der Waals surface area contributed by atoms with Crippen LogP contribution in [0.2, 0.25) is 0 Å². The van der Waals surface area contributed by atoms with Gasteiger partial charge in [0.1, 0.15) is 0 Å². The zero-order valence-corrected chi connectivity index (χ0v) is 11.8. The molecule has 1 aromatic heterocycles. The number of ether oxygens (including phenoxy) is 1. The summed E-state index contributed by atoms with van der Waals surface area (Å²) in [5, 5.41) is 5.89. The number of rotatable bonds is 5. The number of carbonyl (C=O) groups is 1. The third-order valence-electron chi connectivity index (χ3n) is 2.69. The van der Waals surface area contributed by atoms with Crippen LogP contribution in [0.4, 0.5) is 10.8 Å². The normalized spacial score (nSPS) is 10.2. The van der Waals surface area contributed by atoms with Gasteiger partial charge < -0.3 is 10.1 Å². The summed E-state index contributed by atoms with van der Waals surface area (Å²) in [6, 6.07) is 8.21. The molecule has 100 valence electrons. The van der Waals surface area contributed by atoms with Crippen LogP contribution in [0.25, 0.3) is 0 Å². The summed E-state index contributed by atoms with van der Waals surface area (Å²) in [7, 11) is 1.38. The van der Waals surface area contributed by atoms with Crippen LogP contribution in [-0.4, -0.2) is 18.1 Å². The van der Waals surface area contributed by atoms with Crippen molar-refractivity contribution in [2.45, 2.75) is 19.8 Å². The van der Waals surface area contributed by atoms with Crippen LogP contribution in [0, 0.1) is 0 Å². The van der Waals surface area contributed by atoms with Crippen molar-refractivity contribution in [3.8, 4) is 0 Å². The Bertz CT molecular complexity index is 566. The lowest BCUT2D eigenvalue weighted by Crippen LogP contribution is -2.04. The lowest BCUT2D eigenvalue weighted by atomic mass is 10.1. The van der Waals surface area contributed by atoms with Gasteiger partial charge in [-0.1, -0.05) is 19.1 Å². The third-order valence-corrected chi connectivity index (χ3v) is 3.50. The Balaban J connectivity index is 2.04. The van der Waals surface area contributed by atoms with E-state index in [1.165, 1.54) is 24.0 Å². The molecule has 2 rings (SSSR count). The Kier molecular flexibility index (Phi) is 4.52. The van der Waals surface area contributed by atoms with Gasteiger partial charge in [-0.15, -0.1) is 11.3 Å². The summed E-state index contributed by atoms with van der Waals surface area (Å²) in [5.41, 5.74) is 3.01. The average molecular weight is 276 g/mol. The molecule has 0 fully saturated rings. The van der Waals surface area contributed by atoms with E-state index in [0.29, 0.717) is 0 Å². The van der Waals surface area contributed by atoms with Crippen molar-refractivity contribution in [1.29, 1.82) is 0 Å². The molecule has 0 bridgehead atoms. The first-order valence-electron chi connectivity index (χ1n) is 6.08. The van der Waals surface area contributed by atoms with E-state index in [1.54, 1.807) is 0 Å². The second kappa shape index (κ2) is 6.33. The predicted octanol–water partition coefficient (Wildman–Crippen LogP) is 3.16. The number of hydrogen-bond acceptors (Lipinski definition) is 5. The second-order valence-corrected chi connectivity index (χ2v) is 4.93. The molecule has 0 radical (unpaired) electrons. The topological polar surface area (TPSA) is 51.2 Å². The molecule has 0 saturated carbocycles. The predicted molar refractivity (Wildman–Crippen MR) is 76.9 cm³/mol. The quantitative estimate of drug-likeness (QED) is 0.852. The first-order chi connectivity index (χ1) is 9.21. The molecule has 0 saturated heterocycles. The van der Waals surface area contributed by atoms with E-state index in [0.717, 1.165) is 22.9 Å². The second-order valence-electron chi connectivity index (χ2n) is 4.08. The number of benzene rings is 1. The molecule has 0 atom stereocenters. The monoisotopic (exact) mass is 276 g/mol. The summed E-state index contributed by atoms with van der Waals surface area (Å²) in [6.45, 7) is 2.12. The van der Waals surface area contributed by atoms with Gasteiger partial charge >= 0.3 is 5.97 Å². The maximum atomic E-state index is 11.2. The number of esters is 1. The molecule has 0 aliphatic heterocycles. The molecular weight excluding hydrogens is 260 g/mol. The van der Waals surface area contributed by atoms with Gasteiger partial charge in [-0.2, -0.15) is 0 Å². The number of aryl methyl sites for hydroxylation is 1. The number of carbonyl (C=O) groups excluding carboxylic acids is 1. The van der Waals surface area contributed by atoms with Crippen molar-refractivity contribution in [3.63, 3.8) is 0 Å². The Hall–Kier alpha value is -1.88. The molecule has 0 amide bonds. The van der Waals surface area contributed by atoms with Crippen LogP contribution in [0.3, 0.4) is 0 Å². The van der Waals surface area contributed by atoms with Gasteiger partial charge in [-0.3, -0.25) is 4.79 Å². The molecule has 0 unspecified atom stereocenters. The van der Waals surface area contributed by atoms with Gasteiger partial charge in [0.2, 0.25) is 0 Å². The maximum absolute atomic E-state index is 11.2. The lowest BCUT2D eigenvalue weighted by Gasteiger charge is -2.04. The van der Waals surface area contributed by atoms with Crippen molar-refractivity contribution >= 4 is 28.1 Å². The van der Waals surface area contributed by atoms with Crippen LogP contribution in [-0.2, 0) is 22.4 Å². The number of anilines is 2. The fraction of sp³-hybridized carbons (Fsp3) is 0.286. The van der Waals surface area contributed by atoms with Crippen molar-refractivity contribution in [2.75, 3.05) is 12.4 Å². The molecule has 4 nitrogen and oxygen atoms in total. The van der Waals surface area contributed by atoms with Crippen molar-refractivity contribution in [3.05, 3.63) is 40.9 Å². The molecule has 1 N–H and O–H groups in total. The Labute approximate surface area is 116 Å². The molecule has 1 aromatic carbocycles. The van der Waals surface area contributed by atoms with E-state index in [-0.39, 0.29) is 12.4 Å². The minimum Gasteiger partial charge on any atom is -0.469 e. The van der Waals surface area contributed by atoms with Crippen LogP contribution < -0.4 is 5.32 Å². The number of thiazole rings is 1. The molecule has 0 aliphatic carbocycles. The molecule has 5 heteroatoms. The highest BCUT2D eigenvalue weighted by Crippen LogP contribution is 2.22. The lowest BCUT2D eigenvalue weighted by molar-refractivity contribution is -0.139. The zero-order valence-electron chi connectivity index (χ0n) is 11.0. The van der Waals surface area contributed by atoms with Gasteiger partial charge in [-0.25, -0.2) is 4.98 Å². The number of methoxy groups -OCH3 is 1. The van der Waals surface area contributed by atoms with E-state index < -0.39 is 0 Å². The first kappa shape index (κ1) is 13.5. The summed E-state index contributed by atoms with van der Waals surface area (Å²) in [5.74, 6) is -0.273. The fourth-order valence-electron chi connectivity index (χ4n) is 1.66. The van der Waals surface area contributed by atoms with Gasteiger partial charge in [0.15, 0.2) is 5.13 Å². The van der Waals surface area contributed by atoms with Crippen molar-refractivity contribution < 1.29 is 9.53 Å². The van der Waals surface area contributed by atoms with Gasteiger partial charge in [0, 0.05) is 11.1 Å². The Morgan fingerprint density at radius 2 is 2.32 bits per heavy atom. The van der Waals surface area contributed by atoms with Gasteiger partial charge in [0.25, 0.3) is 0 Å². The number of nitrogens with one attached hydrogen (secondary N) is 1. The highest BCUT2D eigenvalue weighted by Gasteiger charge is 2.07. The fourth-order valence-corrected chi connectivity index (χ4v) is 2.39. The van der Waals surface area contributed by atoms with E-state index >= 15 is 0 Å². The summed E-state index contributed by atoms with van der Waals surface area (Å²) in [6.07, 6.45) is 1.21. The molecule has 0 aliphatic rings. The van der Waals surface area contributed by atoms with Crippen LogP contribution in [0.5, 0.6) is 0 Å². The molecule has 2 aromatic rings. The van der Waals surface area contributed by atoms with E-state index in [2.05, 4.69) is 34.1 Å². The van der Waals surface area contributed by atoms with Crippen molar-refractivity contribution in [2.24, 2.45) is 0 Å². The van der Waals surface area contributed by atoms with Gasteiger partial charge in [-0.05, 0) is 24.1 Å². The number of nitrogens with zero attached hydrogens (tertiary/aromatic N) is 1. The summed E-state index contributed by atoms with van der Waals surface area (Å²) < 4.78 is 4.62. The average Bonchev–Trinajstić information content (AvgIpc) is 2.86. The Morgan fingerprint density at radius 3 is 3.05 bits per heavy atom. The molecule has 0 spiro atoms. The minimum absolute atomic E-state index is 0.212. The summed E-state index contributed by atoms with van der Waals surface area (Å²) in [4.78, 5) is 15.5. The van der Waals surface area contributed by atoms with E-state index in [4.69, 9.17) is 0 Å².